The summed E-state index contributed by atoms with van der Waals surface area (Å²) in [6.07, 6.45) is 0. The van der Waals surface area contributed by atoms with Gasteiger partial charge in [-0.3, -0.25) is 4.79 Å². The van der Waals surface area contributed by atoms with Crippen molar-refractivity contribution < 1.29 is 4.79 Å². The van der Waals surface area contributed by atoms with Crippen molar-refractivity contribution in [3.05, 3.63) is 45.9 Å². The summed E-state index contributed by atoms with van der Waals surface area (Å²) in [5.41, 5.74) is 3.22. The van der Waals surface area contributed by atoms with E-state index >= 15 is 0 Å². The smallest absolute Gasteiger partial charge is 0.270 e. The van der Waals surface area contributed by atoms with Gasteiger partial charge in [0.2, 0.25) is 0 Å². The standard InChI is InChI=1S/C17H21ClN4O/c1-9(2)19-17(23)14-8-15(21-12(5)20-14)22-16-11(4)6-10(3)7-13(16)18/h6-9H,1-5H3,(H,19,23)(H,20,21,22). The molecule has 0 aliphatic rings. The summed E-state index contributed by atoms with van der Waals surface area (Å²) in [6, 6.07) is 5.59. The third kappa shape index (κ3) is 4.42. The lowest BCUT2D eigenvalue weighted by molar-refractivity contribution is 0.0937. The zero-order valence-corrected chi connectivity index (χ0v) is 14.7. The molecule has 2 rings (SSSR count). The van der Waals surface area contributed by atoms with Gasteiger partial charge in [-0.25, -0.2) is 9.97 Å². The van der Waals surface area contributed by atoms with Crippen molar-refractivity contribution in [2.75, 3.05) is 5.32 Å². The number of carbonyl (C=O) groups is 1. The molecule has 1 aromatic carbocycles. The largest absolute Gasteiger partial charge is 0.349 e. The van der Waals surface area contributed by atoms with Crippen LogP contribution in [0.5, 0.6) is 0 Å². The molecule has 0 saturated heterocycles. The van der Waals surface area contributed by atoms with E-state index in [0.29, 0.717) is 22.4 Å². The monoisotopic (exact) mass is 332 g/mol. The number of nitrogens with one attached hydrogen (secondary N) is 2. The van der Waals surface area contributed by atoms with Crippen LogP contribution in [-0.2, 0) is 0 Å². The van der Waals surface area contributed by atoms with E-state index in [-0.39, 0.29) is 11.9 Å². The van der Waals surface area contributed by atoms with Crippen LogP contribution in [0.25, 0.3) is 0 Å². The van der Waals surface area contributed by atoms with E-state index in [0.717, 1.165) is 16.8 Å². The molecule has 0 atom stereocenters. The highest BCUT2D eigenvalue weighted by Crippen LogP contribution is 2.29. The average molecular weight is 333 g/mol. The molecule has 0 aliphatic carbocycles. The molecule has 5 nitrogen and oxygen atoms in total. The minimum atomic E-state index is -0.222. The van der Waals surface area contributed by atoms with Crippen LogP contribution in [0.4, 0.5) is 11.5 Å². The summed E-state index contributed by atoms with van der Waals surface area (Å²) in [4.78, 5) is 20.7. The highest BCUT2D eigenvalue weighted by atomic mass is 35.5. The second kappa shape index (κ2) is 6.96. The van der Waals surface area contributed by atoms with Gasteiger partial charge < -0.3 is 10.6 Å². The molecule has 2 N–H and O–H groups in total. The molecule has 0 unspecified atom stereocenters. The first-order chi connectivity index (χ1) is 10.8. The molecule has 0 radical (unpaired) electrons. The first-order valence-electron chi connectivity index (χ1n) is 7.46. The van der Waals surface area contributed by atoms with E-state index in [1.807, 2.05) is 39.8 Å². The van der Waals surface area contributed by atoms with Crippen molar-refractivity contribution in [2.24, 2.45) is 0 Å². The zero-order chi connectivity index (χ0) is 17.1. The Kier molecular flexibility index (Phi) is 5.21. The summed E-state index contributed by atoms with van der Waals surface area (Å²) in [5.74, 6) is 0.838. The Morgan fingerprint density at radius 2 is 1.83 bits per heavy atom. The van der Waals surface area contributed by atoms with E-state index < -0.39 is 0 Å². The summed E-state index contributed by atoms with van der Waals surface area (Å²) in [6.45, 7) is 9.52. The predicted octanol–water partition coefficient (Wildman–Crippen LogP) is 3.94. The molecular formula is C17H21ClN4O. The van der Waals surface area contributed by atoms with Gasteiger partial charge in [0.1, 0.15) is 17.3 Å². The minimum absolute atomic E-state index is 0.0444. The lowest BCUT2D eigenvalue weighted by Gasteiger charge is -2.14. The molecule has 1 amide bonds. The number of halogens is 1. The maximum Gasteiger partial charge on any atom is 0.270 e. The van der Waals surface area contributed by atoms with E-state index in [1.165, 1.54) is 0 Å². The lowest BCUT2D eigenvalue weighted by atomic mass is 10.1. The zero-order valence-electron chi connectivity index (χ0n) is 14.0. The summed E-state index contributed by atoms with van der Waals surface area (Å²) in [7, 11) is 0. The number of rotatable bonds is 4. The van der Waals surface area contributed by atoms with Gasteiger partial charge in [0.25, 0.3) is 5.91 Å². The molecule has 0 fully saturated rings. The number of anilines is 2. The molecule has 1 heterocycles. The Bertz CT molecular complexity index is 720. The maximum absolute atomic E-state index is 12.1. The van der Waals surface area contributed by atoms with Crippen molar-refractivity contribution in [2.45, 2.75) is 40.7 Å². The second-order valence-electron chi connectivity index (χ2n) is 5.88. The van der Waals surface area contributed by atoms with Crippen LogP contribution >= 0.6 is 11.6 Å². The molecule has 2 aromatic rings. The molecule has 122 valence electrons. The number of benzene rings is 1. The fourth-order valence-corrected chi connectivity index (χ4v) is 2.65. The third-order valence-electron chi connectivity index (χ3n) is 3.18. The van der Waals surface area contributed by atoms with Gasteiger partial charge >= 0.3 is 0 Å². The average Bonchev–Trinajstić information content (AvgIpc) is 2.41. The SMILES string of the molecule is Cc1cc(C)c(Nc2cc(C(=O)NC(C)C)nc(C)n2)c(Cl)c1. The van der Waals surface area contributed by atoms with Crippen molar-refractivity contribution in [3.63, 3.8) is 0 Å². The van der Waals surface area contributed by atoms with Crippen LogP contribution < -0.4 is 10.6 Å². The van der Waals surface area contributed by atoms with Crippen LogP contribution in [0.15, 0.2) is 18.2 Å². The fraction of sp³-hybridized carbons (Fsp3) is 0.353. The molecule has 6 heteroatoms. The van der Waals surface area contributed by atoms with E-state index in [2.05, 4.69) is 20.6 Å². The quantitative estimate of drug-likeness (QED) is 0.890. The number of hydrogen-bond donors (Lipinski definition) is 2. The Balaban J connectivity index is 2.34. The number of carbonyl (C=O) groups excluding carboxylic acids is 1. The normalized spacial score (nSPS) is 10.7. The molecular weight excluding hydrogens is 312 g/mol. The number of aryl methyl sites for hydroxylation is 3. The van der Waals surface area contributed by atoms with Gasteiger partial charge in [0.15, 0.2) is 0 Å². The van der Waals surface area contributed by atoms with Crippen molar-refractivity contribution in [1.29, 1.82) is 0 Å². The molecule has 23 heavy (non-hydrogen) atoms. The van der Waals surface area contributed by atoms with Crippen LogP contribution in [-0.4, -0.2) is 21.9 Å². The van der Waals surface area contributed by atoms with E-state index in [9.17, 15) is 4.79 Å². The topological polar surface area (TPSA) is 66.9 Å². The van der Waals surface area contributed by atoms with Crippen LogP contribution in [0, 0.1) is 20.8 Å². The van der Waals surface area contributed by atoms with Crippen LogP contribution in [0.1, 0.15) is 41.3 Å². The molecule has 0 spiro atoms. The Morgan fingerprint density at radius 1 is 1.13 bits per heavy atom. The highest BCUT2D eigenvalue weighted by molar-refractivity contribution is 6.33. The number of aromatic nitrogens is 2. The fourth-order valence-electron chi connectivity index (χ4n) is 2.29. The molecule has 0 saturated carbocycles. The van der Waals surface area contributed by atoms with E-state index in [1.54, 1.807) is 13.0 Å². The first kappa shape index (κ1) is 17.2. The molecule has 0 aliphatic heterocycles. The van der Waals surface area contributed by atoms with Crippen LogP contribution in [0.3, 0.4) is 0 Å². The minimum Gasteiger partial charge on any atom is -0.349 e. The maximum atomic E-state index is 12.1. The van der Waals surface area contributed by atoms with Crippen molar-refractivity contribution in [3.8, 4) is 0 Å². The van der Waals surface area contributed by atoms with Gasteiger partial charge in [-0.05, 0) is 51.8 Å². The lowest BCUT2D eigenvalue weighted by Crippen LogP contribution is -2.31. The van der Waals surface area contributed by atoms with E-state index in [4.69, 9.17) is 11.6 Å². The summed E-state index contributed by atoms with van der Waals surface area (Å²) < 4.78 is 0. The number of amides is 1. The first-order valence-corrected chi connectivity index (χ1v) is 7.84. The molecule has 1 aromatic heterocycles. The third-order valence-corrected chi connectivity index (χ3v) is 3.47. The van der Waals surface area contributed by atoms with Crippen LogP contribution in [0.2, 0.25) is 5.02 Å². The Hall–Kier alpha value is -2.14. The second-order valence-corrected chi connectivity index (χ2v) is 6.28. The highest BCUT2D eigenvalue weighted by Gasteiger charge is 2.13. The molecule has 0 bridgehead atoms. The number of hydrogen-bond acceptors (Lipinski definition) is 4. The van der Waals surface area contributed by atoms with Gasteiger partial charge in [-0.2, -0.15) is 0 Å². The van der Waals surface area contributed by atoms with Crippen molar-refractivity contribution >= 4 is 29.0 Å². The predicted molar refractivity (Wildman–Crippen MR) is 93.6 cm³/mol. The summed E-state index contributed by atoms with van der Waals surface area (Å²) >= 11 is 6.31. The van der Waals surface area contributed by atoms with Gasteiger partial charge in [0.05, 0.1) is 10.7 Å². The Labute approximate surface area is 141 Å². The van der Waals surface area contributed by atoms with Gasteiger partial charge in [-0.1, -0.05) is 17.7 Å². The summed E-state index contributed by atoms with van der Waals surface area (Å²) in [5, 5.41) is 6.64. The number of nitrogens with zero attached hydrogens (tertiary/aromatic N) is 2. The van der Waals surface area contributed by atoms with Crippen molar-refractivity contribution in [1.82, 2.24) is 15.3 Å². The Morgan fingerprint density at radius 3 is 2.43 bits per heavy atom. The van der Waals surface area contributed by atoms with Gasteiger partial charge in [0, 0.05) is 12.1 Å². The van der Waals surface area contributed by atoms with Gasteiger partial charge in [-0.15, -0.1) is 0 Å².